The van der Waals surface area contributed by atoms with Crippen LogP contribution in [-0.2, 0) is 9.59 Å². The molecule has 7 nitrogen and oxygen atoms in total. The standard InChI is InChI=1S/C25H30N4O3/c1-16(2)28-25(32)23(17-7-5-8-17)21-11-6-14-29(21)22(30)15-27-24(31)19-12-13-26-20-10-4-3-9-18(19)20/h3-4,9-10,12-13,16,21H,5-8,11,14-15H2,1-2H3,(H,27,31)(H,28,32). The summed E-state index contributed by atoms with van der Waals surface area (Å²) in [4.78, 5) is 44.9. The Hall–Kier alpha value is -3.22. The first-order chi connectivity index (χ1) is 15.5. The van der Waals surface area contributed by atoms with Gasteiger partial charge >= 0.3 is 0 Å². The minimum absolute atomic E-state index is 0.0400. The highest BCUT2D eigenvalue weighted by Gasteiger charge is 2.37. The molecule has 2 aromatic rings. The van der Waals surface area contributed by atoms with Crippen molar-refractivity contribution in [3.63, 3.8) is 0 Å². The molecule has 4 rings (SSSR count). The molecule has 7 heteroatoms. The van der Waals surface area contributed by atoms with Crippen LogP contribution in [-0.4, -0.2) is 52.8 Å². The smallest absolute Gasteiger partial charge is 0.252 e. The van der Waals surface area contributed by atoms with Crippen LogP contribution in [0.3, 0.4) is 0 Å². The maximum atomic E-state index is 13.1. The molecular formula is C25H30N4O3. The zero-order chi connectivity index (χ0) is 22.7. The Morgan fingerprint density at radius 2 is 1.91 bits per heavy atom. The van der Waals surface area contributed by atoms with Crippen molar-refractivity contribution >= 4 is 28.6 Å². The van der Waals surface area contributed by atoms with Gasteiger partial charge in [-0.3, -0.25) is 19.4 Å². The first-order valence-corrected chi connectivity index (χ1v) is 11.4. The van der Waals surface area contributed by atoms with Gasteiger partial charge in [-0.25, -0.2) is 0 Å². The number of carbonyl (C=O) groups is 3. The lowest BCUT2D eigenvalue weighted by atomic mass is 9.84. The largest absolute Gasteiger partial charge is 0.350 e. The van der Waals surface area contributed by atoms with Crippen LogP contribution < -0.4 is 10.6 Å². The van der Waals surface area contributed by atoms with Gasteiger partial charge in [0, 0.05) is 29.7 Å². The Morgan fingerprint density at radius 3 is 2.62 bits per heavy atom. The molecule has 1 aromatic heterocycles. The number of carbonyl (C=O) groups excluding carboxylic acids is 3. The second-order valence-electron chi connectivity index (χ2n) is 8.80. The number of aromatic nitrogens is 1. The Morgan fingerprint density at radius 1 is 1.12 bits per heavy atom. The number of hydrogen-bond donors (Lipinski definition) is 2. The summed E-state index contributed by atoms with van der Waals surface area (Å²) in [7, 11) is 0. The quantitative estimate of drug-likeness (QED) is 0.684. The maximum absolute atomic E-state index is 13.1. The van der Waals surface area contributed by atoms with Crippen LogP contribution in [0.5, 0.6) is 0 Å². The number of rotatable bonds is 6. The van der Waals surface area contributed by atoms with Crippen LogP contribution in [0, 0.1) is 0 Å². The number of likely N-dealkylation sites (tertiary alicyclic amines) is 1. The summed E-state index contributed by atoms with van der Waals surface area (Å²) < 4.78 is 0. The van der Waals surface area contributed by atoms with Crippen molar-refractivity contribution in [1.29, 1.82) is 0 Å². The second-order valence-corrected chi connectivity index (χ2v) is 8.80. The molecule has 168 valence electrons. The van der Waals surface area contributed by atoms with Gasteiger partial charge < -0.3 is 15.5 Å². The van der Waals surface area contributed by atoms with Gasteiger partial charge in [-0.1, -0.05) is 23.8 Å². The Labute approximate surface area is 188 Å². The van der Waals surface area contributed by atoms with Crippen LogP contribution in [0.25, 0.3) is 10.9 Å². The first-order valence-electron chi connectivity index (χ1n) is 11.4. The third-order valence-electron chi connectivity index (χ3n) is 6.20. The molecule has 1 atom stereocenters. The van der Waals surface area contributed by atoms with Crippen molar-refractivity contribution in [3.05, 3.63) is 53.2 Å². The van der Waals surface area contributed by atoms with Crippen molar-refractivity contribution in [2.45, 2.75) is 58.0 Å². The van der Waals surface area contributed by atoms with Gasteiger partial charge in [0.2, 0.25) is 11.8 Å². The first kappa shape index (κ1) is 22.0. The fourth-order valence-corrected chi connectivity index (χ4v) is 4.52. The van der Waals surface area contributed by atoms with Crippen LogP contribution in [0.15, 0.2) is 47.7 Å². The molecule has 2 N–H and O–H groups in total. The molecule has 32 heavy (non-hydrogen) atoms. The molecule has 2 aliphatic rings. The molecule has 1 unspecified atom stereocenters. The van der Waals surface area contributed by atoms with Crippen molar-refractivity contribution in [2.75, 3.05) is 13.1 Å². The number of nitrogens with zero attached hydrogens (tertiary/aromatic N) is 2. The lowest BCUT2D eigenvalue weighted by molar-refractivity contribution is -0.130. The molecule has 3 amide bonds. The highest BCUT2D eigenvalue weighted by molar-refractivity contribution is 6.07. The summed E-state index contributed by atoms with van der Waals surface area (Å²) in [5.41, 5.74) is 3.16. The lowest BCUT2D eigenvalue weighted by Gasteiger charge is -2.31. The summed E-state index contributed by atoms with van der Waals surface area (Å²) in [6.45, 7) is 4.39. The molecule has 1 aliphatic heterocycles. The average molecular weight is 435 g/mol. The van der Waals surface area contributed by atoms with E-state index in [1.165, 1.54) is 5.57 Å². The minimum Gasteiger partial charge on any atom is -0.350 e. The summed E-state index contributed by atoms with van der Waals surface area (Å²) in [6, 6.07) is 8.92. The molecule has 2 heterocycles. The molecule has 1 aliphatic carbocycles. The van der Waals surface area contributed by atoms with E-state index < -0.39 is 0 Å². The number of nitrogens with one attached hydrogen (secondary N) is 2. The molecule has 2 fully saturated rings. The zero-order valence-electron chi connectivity index (χ0n) is 18.7. The number of fused-ring (bicyclic) bond motifs is 1. The van der Waals surface area contributed by atoms with Gasteiger partial charge in [0.05, 0.1) is 23.7 Å². The fraction of sp³-hybridized carbons (Fsp3) is 0.440. The SMILES string of the molecule is CC(C)NC(=O)C(=C1CCC1)C1CCCN1C(=O)CNC(=O)c1ccnc2ccccc12. The number of amides is 3. The molecule has 1 saturated carbocycles. The Balaban J connectivity index is 1.46. The molecule has 0 spiro atoms. The average Bonchev–Trinajstić information content (AvgIpc) is 3.22. The third-order valence-corrected chi connectivity index (χ3v) is 6.20. The molecule has 0 radical (unpaired) electrons. The van der Waals surface area contributed by atoms with Crippen LogP contribution in [0.1, 0.15) is 56.3 Å². The summed E-state index contributed by atoms with van der Waals surface area (Å²) in [5.74, 6) is -0.525. The van der Waals surface area contributed by atoms with E-state index in [2.05, 4.69) is 15.6 Å². The van der Waals surface area contributed by atoms with Crippen LogP contribution >= 0.6 is 0 Å². The highest BCUT2D eigenvalue weighted by Crippen LogP contribution is 2.35. The predicted octanol–water partition coefficient (Wildman–Crippen LogP) is 2.96. The van der Waals surface area contributed by atoms with E-state index in [0.717, 1.165) is 48.6 Å². The molecular weight excluding hydrogens is 404 g/mol. The normalized spacial score (nSPS) is 17.9. The topological polar surface area (TPSA) is 91.4 Å². The van der Waals surface area contributed by atoms with E-state index in [4.69, 9.17) is 0 Å². The van der Waals surface area contributed by atoms with Crippen molar-refractivity contribution in [1.82, 2.24) is 20.5 Å². The van der Waals surface area contributed by atoms with Gasteiger partial charge in [0.1, 0.15) is 0 Å². The number of allylic oxidation sites excluding steroid dienone is 1. The number of benzene rings is 1. The fourth-order valence-electron chi connectivity index (χ4n) is 4.52. The van der Waals surface area contributed by atoms with Gasteiger partial charge in [0.15, 0.2) is 0 Å². The minimum atomic E-state index is -0.303. The van der Waals surface area contributed by atoms with E-state index in [-0.39, 0.29) is 36.3 Å². The number of para-hydroxylation sites is 1. The van der Waals surface area contributed by atoms with E-state index in [1.807, 2.05) is 38.1 Å². The Kier molecular flexibility index (Phi) is 6.53. The molecule has 1 aromatic carbocycles. The zero-order valence-corrected chi connectivity index (χ0v) is 18.7. The second kappa shape index (κ2) is 9.51. The van der Waals surface area contributed by atoms with E-state index in [1.54, 1.807) is 17.2 Å². The number of pyridine rings is 1. The monoisotopic (exact) mass is 434 g/mol. The van der Waals surface area contributed by atoms with Gasteiger partial charge in [-0.15, -0.1) is 0 Å². The third kappa shape index (κ3) is 4.52. The van der Waals surface area contributed by atoms with Crippen molar-refractivity contribution in [2.24, 2.45) is 0 Å². The summed E-state index contributed by atoms with van der Waals surface area (Å²) >= 11 is 0. The van der Waals surface area contributed by atoms with Crippen molar-refractivity contribution < 1.29 is 14.4 Å². The maximum Gasteiger partial charge on any atom is 0.252 e. The van der Waals surface area contributed by atoms with Gasteiger partial charge in [-0.05, 0) is 58.1 Å². The van der Waals surface area contributed by atoms with E-state index in [9.17, 15) is 14.4 Å². The van der Waals surface area contributed by atoms with Gasteiger partial charge in [0.25, 0.3) is 5.91 Å². The summed E-state index contributed by atoms with van der Waals surface area (Å²) in [5, 5.41) is 6.53. The van der Waals surface area contributed by atoms with Crippen molar-refractivity contribution in [3.8, 4) is 0 Å². The van der Waals surface area contributed by atoms with E-state index >= 15 is 0 Å². The molecule has 1 saturated heterocycles. The number of hydrogen-bond acceptors (Lipinski definition) is 4. The lowest BCUT2D eigenvalue weighted by Crippen LogP contribution is -2.46. The van der Waals surface area contributed by atoms with Gasteiger partial charge in [-0.2, -0.15) is 0 Å². The predicted molar refractivity (Wildman–Crippen MR) is 123 cm³/mol. The van der Waals surface area contributed by atoms with Crippen LogP contribution in [0.4, 0.5) is 0 Å². The van der Waals surface area contributed by atoms with E-state index in [0.29, 0.717) is 12.1 Å². The molecule has 0 bridgehead atoms. The highest BCUT2D eigenvalue weighted by atomic mass is 16.2. The summed E-state index contributed by atoms with van der Waals surface area (Å²) in [6.07, 6.45) is 6.16. The Bertz CT molecular complexity index is 1060. The van der Waals surface area contributed by atoms with Crippen LogP contribution in [0.2, 0.25) is 0 Å².